The van der Waals surface area contributed by atoms with Gasteiger partial charge in [-0.25, -0.2) is 4.79 Å². The zero-order valence-corrected chi connectivity index (χ0v) is 23.4. The van der Waals surface area contributed by atoms with E-state index >= 15 is 0 Å². The summed E-state index contributed by atoms with van der Waals surface area (Å²) in [6.07, 6.45) is 9.71. The van der Waals surface area contributed by atoms with Gasteiger partial charge in [0, 0.05) is 12.3 Å². The van der Waals surface area contributed by atoms with Crippen molar-refractivity contribution in [1.29, 1.82) is 0 Å². The number of allylic oxidation sites excluding steroid dienone is 2. The Balaban J connectivity index is 1.36. The van der Waals surface area contributed by atoms with Gasteiger partial charge in [0.25, 0.3) is 0 Å². The number of esters is 1. The number of carbonyl (C=O) groups is 3. The molecule has 38 heavy (non-hydrogen) atoms. The van der Waals surface area contributed by atoms with E-state index in [1.54, 1.807) is 12.1 Å². The smallest absolute Gasteiger partial charge is 0.338 e. The molecule has 206 valence electrons. The third kappa shape index (κ3) is 4.44. The minimum atomic E-state index is -0.718. The summed E-state index contributed by atoms with van der Waals surface area (Å²) in [5.41, 5.74) is 1.66. The Morgan fingerprint density at radius 1 is 1.05 bits per heavy atom. The van der Waals surface area contributed by atoms with Gasteiger partial charge in [-0.05, 0) is 116 Å². The van der Waals surface area contributed by atoms with Gasteiger partial charge in [0.15, 0.2) is 5.78 Å². The first-order valence-corrected chi connectivity index (χ1v) is 14.8. The molecule has 0 amide bonds. The number of benzene rings is 1. The summed E-state index contributed by atoms with van der Waals surface area (Å²) in [4.78, 5) is 38.3. The summed E-state index contributed by atoms with van der Waals surface area (Å²) in [6.45, 7) is 9.04. The lowest BCUT2D eigenvalue weighted by molar-refractivity contribution is -0.150. The highest BCUT2D eigenvalue weighted by Gasteiger charge is 2.64. The van der Waals surface area contributed by atoms with E-state index in [4.69, 9.17) is 4.74 Å². The molecule has 4 aliphatic carbocycles. The predicted octanol–water partition coefficient (Wildman–Crippen LogP) is 7.11. The van der Waals surface area contributed by atoms with Crippen LogP contribution < -0.4 is 0 Å². The van der Waals surface area contributed by atoms with Gasteiger partial charge < -0.3 is 9.84 Å². The van der Waals surface area contributed by atoms with E-state index in [-0.39, 0.29) is 41.2 Å². The molecule has 5 rings (SSSR count). The maximum Gasteiger partial charge on any atom is 0.338 e. The molecule has 0 aromatic heterocycles. The molecule has 5 heteroatoms. The van der Waals surface area contributed by atoms with Crippen molar-refractivity contribution in [2.45, 2.75) is 91.6 Å². The number of carboxylic acids is 1. The van der Waals surface area contributed by atoms with Crippen LogP contribution in [0, 0.1) is 46.3 Å². The standard InChI is InChI=1S/C33H44O5/c1-5-23-27-19-22(38-31(37)21-9-7-6-8-10-21)15-17-33(27,4)26-16-18-32(3)24(20(2)11-14-28(34)35)12-13-25(32)29(26)30(23)36/h5-10,20,22,24-27,29H,11-19H2,1-4H3,(H,34,35)/t20-,22-,24-,25+,26+,27+,29+,32-,33-/m1/s1. The van der Waals surface area contributed by atoms with Crippen LogP contribution in [-0.2, 0) is 14.3 Å². The number of rotatable bonds is 6. The van der Waals surface area contributed by atoms with E-state index in [2.05, 4.69) is 26.8 Å². The normalized spacial score (nSPS) is 40.1. The van der Waals surface area contributed by atoms with Crippen molar-refractivity contribution in [3.63, 3.8) is 0 Å². The zero-order valence-electron chi connectivity index (χ0n) is 23.4. The second-order valence-electron chi connectivity index (χ2n) is 13.2. The highest BCUT2D eigenvalue weighted by molar-refractivity contribution is 5.99. The predicted molar refractivity (Wildman–Crippen MR) is 146 cm³/mol. The Morgan fingerprint density at radius 2 is 1.74 bits per heavy atom. The van der Waals surface area contributed by atoms with Crippen molar-refractivity contribution < 1.29 is 24.2 Å². The highest BCUT2D eigenvalue weighted by atomic mass is 16.5. The average molecular weight is 521 g/mol. The molecule has 0 aliphatic heterocycles. The Labute approximate surface area is 227 Å². The van der Waals surface area contributed by atoms with Gasteiger partial charge in [-0.2, -0.15) is 0 Å². The van der Waals surface area contributed by atoms with Crippen molar-refractivity contribution in [2.24, 2.45) is 46.3 Å². The summed E-state index contributed by atoms with van der Waals surface area (Å²) in [7, 11) is 0. The van der Waals surface area contributed by atoms with E-state index in [1.165, 1.54) is 0 Å². The maximum atomic E-state index is 14.3. The Morgan fingerprint density at radius 3 is 2.42 bits per heavy atom. The zero-order chi connectivity index (χ0) is 27.2. The molecular weight excluding hydrogens is 476 g/mol. The number of hydrogen-bond acceptors (Lipinski definition) is 4. The number of ketones is 1. The molecule has 1 aromatic carbocycles. The van der Waals surface area contributed by atoms with Crippen LogP contribution in [0.3, 0.4) is 0 Å². The molecule has 1 N–H and O–H groups in total. The lowest BCUT2D eigenvalue weighted by Gasteiger charge is -2.61. The molecule has 9 atom stereocenters. The van der Waals surface area contributed by atoms with Crippen molar-refractivity contribution in [1.82, 2.24) is 0 Å². The molecule has 0 radical (unpaired) electrons. The fourth-order valence-corrected chi connectivity index (χ4v) is 9.60. The molecule has 0 bridgehead atoms. The minimum Gasteiger partial charge on any atom is -0.481 e. The minimum absolute atomic E-state index is 0.0322. The third-order valence-corrected chi connectivity index (χ3v) is 11.5. The van der Waals surface area contributed by atoms with Gasteiger partial charge in [-0.3, -0.25) is 9.59 Å². The van der Waals surface area contributed by atoms with Crippen LogP contribution in [0.25, 0.3) is 0 Å². The number of ether oxygens (including phenoxy) is 1. The average Bonchev–Trinajstić information content (AvgIpc) is 3.26. The van der Waals surface area contributed by atoms with Crippen LogP contribution in [0.15, 0.2) is 42.0 Å². The maximum absolute atomic E-state index is 14.3. The quantitative estimate of drug-likeness (QED) is 0.319. The van der Waals surface area contributed by atoms with Gasteiger partial charge >= 0.3 is 11.9 Å². The fraction of sp³-hybridized carbons (Fsp3) is 0.667. The second kappa shape index (κ2) is 10.3. The summed E-state index contributed by atoms with van der Waals surface area (Å²) in [6, 6.07) is 9.17. The summed E-state index contributed by atoms with van der Waals surface area (Å²) in [5, 5.41) is 9.23. The van der Waals surface area contributed by atoms with Crippen LogP contribution in [0.5, 0.6) is 0 Å². The monoisotopic (exact) mass is 520 g/mol. The number of aliphatic carboxylic acids is 1. The Bertz CT molecular complexity index is 1110. The Kier molecular flexibility index (Phi) is 7.34. The molecule has 5 nitrogen and oxygen atoms in total. The molecular formula is C33H44O5. The van der Waals surface area contributed by atoms with E-state index in [9.17, 15) is 19.5 Å². The van der Waals surface area contributed by atoms with Gasteiger partial charge in [-0.1, -0.05) is 45.0 Å². The van der Waals surface area contributed by atoms with Crippen molar-refractivity contribution in [3.8, 4) is 0 Å². The van der Waals surface area contributed by atoms with Gasteiger partial charge in [0.2, 0.25) is 0 Å². The van der Waals surface area contributed by atoms with Crippen molar-refractivity contribution in [3.05, 3.63) is 47.5 Å². The molecule has 0 spiro atoms. The van der Waals surface area contributed by atoms with Gasteiger partial charge in [-0.15, -0.1) is 0 Å². The fourth-order valence-electron chi connectivity index (χ4n) is 9.60. The van der Waals surface area contributed by atoms with E-state index in [1.807, 2.05) is 25.1 Å². The SMILES string of the molecule is CC=C1C(=O)[C@@H]2[C@H](CC[C@]3(C)[C@@H]([C@H](C)CCC(=O)O)CC[C@@H]23)[C@@]2(C)CC[C@@H](OC(=O)c3ccccc3)C[C@@H]12. The van der Waals surface area contributed by atoms with E-state index < -0.39 is 5.97 Å². The molecule has 0 saturated heterocycles. The van der Waals surface area contributed by atoms with Gasteiger partial charge in [0.1, 0.15) is 6.10 Å². The first kappa shape index (κ1) is 27.1. The number of carboxylic acid groups (broad SMARTS) is 1. The number of hydrogen-bond donors (Lipinski definition) is 1. The van der Waals surface area contributed by atoms with Crippen molar-refractivity contribution in [2.75, 3.05) is 0 Å². The van der Waals surface area contributed by atoms with Crippen molar-refractivity contribution >= 4 is 17.7 Å². The lowest BCUT2D eigenvalue weighted by atomic mass is 9.43. The first-order valence-electron chi connectivity index (χ1n) is 14.8. The van der Waals surface area contributed by atoms with Crippen LogP contribution in [-0.4, -0.2) is 28.9 Å². The molecule has 4 saturated carbocycles. The first-order chi connectivity index (χ1) is 18.1. The largest absolute Gasteiger partial charge is 0.481 e. The second-order valence-corrected chi connectivity index (χ2v) is 13.2. The van der Waals surface area contributed by atoms with Crippen LogP contribution in [0.1, 0.15) is 95.8 Å². The summed E-state index contributed by atoms with van der Waals surface area (Å²) >= 11 is 0. The number of Topliss-reactive ketones (excluding diaryl/α,β-unsaturated/α-hetero) is 1. The lowest BCUT2D eigenvalue weighted by Crippen LogP contribution is -2.58. The Hall–Kier alpha value is -2.43. The number of fused-ring (bicyclic) bond motifs is 5. The van der Waals surface area contributed by atoms with Crippen LogP contribution in [0.2, 0.25) is 0 Å². The van der Waals surface area contributed by atoms with Crippen LogP contribution >= 0.6 is 0 Å². The van der Waals surface area contributed by atoms with E-state index in [0.717, 1.165) is 50.5 Å². The highest BCUT2D eigenvalue weighted by Crippen LogP contribution is 2.68. The topological polar surface area (TPSA) is 80.7 Å². The van der Waals surface area contributed by atoms with E-state index in [0.29, 0.717) is 41.4 Å². The summed E-state index contributed by atoms with van der Waals surface area (Å²) in [5.74, 6) is 1.09. The third-order valence-electron chi connectivity index (χ3n) is 11.5. The molecule has 4 aliphatic rings. The number of carbonyl (C=O) groups excluding carboxylic acids is 2. The molecule has 0 unspecified atom stereocenters. The molecule has 4 fully saturated rings. The molecule has 0 heterocycles. The van der Waals surface area contributed by atoms with Gasteiger partial charge in [0.05, 0.1) is 5.56 Å². The van der Waals surface area contributed by atoms with Crippen LogP contribution in [0.4, 0.5) is 0 Å². The molecule has 1 aromatic rings. The summed E-state index contributed by atoms with van der Waals surface area (Å²) < 4.78 is 5.98.